The fourth-order valence-corrected chi connectivity index (χ4v) is 4.16. The fraction of sp³-hybridized carbons (Fsp3) is 0.0800. The molecule has 0 bridgehead atoms. The van der Waals surface area contributed by atoms with Crippen molar-refractivity contribution in [1.29, 1.82) is 0 Å². The summed E-state index contributed by atoms with van der Waals surface area (Å²) < 4.78 is 49.7. The Morgan fingerprint density at radius 1 is 1.00 bits per heavy atom. The van der Waals surface area contributed by atoms with E-state index >= 15 is 0 Å². The summed E-state index contributed by atoms with van der Waals surface area (Å²) in [6.45, 7) is 1.79. The Kier molecular flexibility index (Phi) is 6.51. The van der Waals surface area contributed by atoms with Gasteiger partial charge in [-0.2, -0.15) is 13.2 Å². The van der Waals surface area contributed by atoms with Crippen molar-refractivity contribution in [2.75, 3.05) is 10.6 Å². The Labute approximate surface area is 216 Å². The number of carbonyl (C=O) groups excluding carboxylic acids is 2. The Hall–Kier alpha value is -4.78. The summed E-state index contributed by atoms with van der Waals surface area (Å²) >= 11 is 1.13. The van der Waals surface area contributed by atoms with E-state index in [2.05, 4.69) is 25.6 Å². The zero-order valence-electron chi connectivity index (χ0n) is 19.4. The predicted molar refractivity (Wildman–Crippen MR) is 133 cm³/mol. The minimum Gasteiger partial charge on any atom is -0.451 e. The van der Waals surface area contributed by atoms with Crippen LogP contribution in [0.15, 0.2) is 71.7 Å². The summed E-state index contributed by atoms with van der Waals surface area (Å²) in [5.74, 6) is -0.563. The Bertz CT molecular complexity index is 1650. The smallest absolute Gasteiger partial charge is 0.416 e. The lowest BCUT2D eigenvalue weighted by Gasteiger charge is -2.12. The lowest BCUT2D eigenvalue weighted by atomic mass is 10.1. The topological polar surface area (TPSA) is 119 Å². The maximum Gasteiger partial charge on any atom is 0.416 e. The molecule has 38 heavy (non-hydrogen) atoms. The largest absolute Gasteiger partial charge is 0.451 e. The van der Waals surface area contributed by atoms with E-state index < -0.39 is 23.6 Å². The standard InChI is InChI=1S/C25H16F3N5O4S/c1-13-5-6-16(30-21(34)14-3-2-4-15(9-14)25(26,27)28)10-19(13)37-20-8-7-17-23(32-20)38-24(31-17)33-22(35)18-11-36-12-29-18/h2-12H,1H3,(H,30,34)(H,31,33,35). The van der Waals surface area contributed by atoms with Crippen molar-refractivity contribution in [3.63, 3.8) is 0 Å². The Morgan fingerprint density at radius 3 is 2.61 bits per heavy atom. The van der Waals surface area contributed by atoms with Crippen molar-refractivity contribution in [3.8, 4) is 11.6 Å². The van der Waals surface area contributed by atoms with Crippen LogP contribution in [0.2, 0.25) is 0 Å². The van der Waals surface area contributed by atoms with Crippen molar-refractivity contribution < 1.29 is 31.9 Å². The van der Waals surface area contributed by atoms with Gasteiger partial charge in [-0.3, -0.25) is 14.9 Å². The highest BCUT2D eigenvalue weighted by Crippen LogP contribution is 2.32. The van der Waals surface area contributed by atoms with E-state index in [1.807, 2.05) is 0 Å². The highest BCUT2D eigenvalue weighted by Gasteiger charge is 2.31. The van der Waals surface area contributed by atoms with Gasteiger partial charge in [-0.25, -0.2) is 15.0 Å². The highest BCUT2D eigenvalue weighted by atomic mass is 32.1. The van der Waals surface area contributed by atoms with Crippen LogP contribution in [0.3, 0.4) is 0 Å². The van der Waals surface area contributed by atoms with Gasteiger partial charge in [-0.1, -0.05) is 23.5 Å². The molecule has 2 aromatic carbocycles. The number of pyridine rings is 1. The lowest BCUT2D eigenvalue weighted by Crippen LogP contribution is -2.14. The number of anilines is 2. The number of thiazole rings is 1. The van der Waals surface area contributed by atoms with Gasteiger partial charge in [0.15, 0.2) is 17.2 Å². The minimum absolute atomic E-state index is 0.108. The molecule has 0 fully saturated rings. The van der Waals surface area contributed by atoms with Gasteiger partial charge < -0.3 is 14.5 Å². The first kappa shape index (κ1) is 24.9. The number of rotatable bonds is 6. The first-order chi connectivity index (χ1) is 18.2. The molecule has 3 aromatic heterocycles. The van der Waals surface area contributed by atoms with E-state index in [1.54, 1.807) is 37.3 Å². The normalized spacial score (nSPS) is 11.4. The van der Waals surface area contributed by atoms with Gasteiger partial charge in [0.2, 0.25) is 5.88 Å². The van der Waals surface area contributed by atoms with E-state index in [4.69, 9.17) is 9.15 Å². The summed E-state index contributed by atoms with van der Waals surface area (Å²) in [6, 6.07) is 12.3. The Morgan fingerprint density at radius 2 is 1.84 bits per heavy atom. The molecule has 0 saturated heterocycles. The number of fused-ring (bicyclic) bond motifs is 1. The lowest BCUT2D eigenvalue weighted by molar-refractivity contribution is -0.137. The number of oxazole rings is 1. The molecule has 192 valence electrons. The van der Waals surface area contributed by atoms with E-state index in [9.17, 15) is 22.8 Å². The molecule has 5 rings (SSSR count). The molecule has 0 aliphatic heterocycles. The number of amides is 2. The molecule has 0 aliphatic rings. The second-order valence-electron chi connectivity index (χ2n) is 7.94. The molecule has 9 nitrogen and oxygen atoms in total. The van der Waals surface area contributed by atoms with Crippen LogP contribution in [-0.2, 0) is 6.18 Å². The van der Waals surface area contributed by atoms with Crippen LogP contribution in [0.4, 0.5) is 24.0 Å². The van der Waals surface area contributed by atoms with E-state index in [0.717, 1.165) is 35.4 Å². The van der Waals surface area contributed by atoms with Crippen LogP contribution < -0.4 is 15.4 Å². The molecule has 2 amide bonds. The van der Waals surface area contributed by atoms with Crippen LogP contribution in [0, 0.1) is 6.92 Å². The van der Waals surface area contributed by atoms with Crippen LogP contribution in [-0.4, -0.2) is 26.8 Å². The number of aryl methyl sites for hydroxylation is 1. The van der Waals surface area contributed by atoms with E-state index in [0.29, 0.717) is 26.9 Å². The molecular formula is C25H16F3N5O4S. The second-order valence-corrected chi connectivity index (χ2v) is 8.91. The van der Waals surface area contributed by atoms with Gasteiger partial charge in [0.1, 0.15) is 22.4 Å². The average Bonchev–Trinajstić information content (AvgIpc) is 3.55. The SMILES string of the molecule is Cc1ccc(NC(=O)c2cccc(C(F)(F)F)c2)cc1Oc1ccc2nc(NC(=O)c3cocn3)sc2n1. The maximum atomic E-state index is 13.0. The third-order valence-electron chi connectivity index (χ3n) is 5.23. The van der Waals surface area contributed by atoms with Crippen molar-refractivity contribution in [1.82, 2.24) is 15.0 Å². The summed E-state index contributed by atoms with van der Waals surface area (Å²) in [5, 5.41) is 5.52. The number of alkyl halides is 3. The number of nitrogens with one attached hydrogen (secondary N) is 2. The second kappa shape index (κ2) is 9.94. The molecule has 0 saturated carbocycles. The first-order valence-corrected chi connectivity index (χ1v) is 11.7. The van der Waals surface area contributed by atoms with Crippen molar-refractivity contribution >= 4 is 44.3 Å². The summed E-state index contributed by atoms with van der Waals surface area (Å²) in [5.41, 5.74) is 0.655. The number of benzene rings is 2. The van der Waals surface area contributed by atoms with Crippen LogP contribution in [0.5, 0.6) is 11.6 Å². The third kappa shape index (κ3) is 5.47. The molecule has 0 spiro atoms. The highest BCUT2D eigenvalue weighted by molar-refractivity contribution is 7.22. The molecular weight excluding hydrogens is 523 g/mol. The molecule has 2 N–H and O–H groups in total. The molecule has 0 unspecified atom stereocenters. The maximum absolute atomic E-state index is 13.0. The summed E-state index contributed by atoms with van der Waals surface area (Å²) in [4.78, 5) is 37.8. The summed E-state index contributed by atoms with van der Waals surface area (Å²) in [7, 11) is 0. The summed E-state index contributed by atoms with van der Waals surface area (Å²) in [6.07, 6.45) is -2.20. The fourth-order valence-electron chi connectivity index (χ4n) is 3.34. The minimum atomic E-state index is -4.56. The zero-order valence-corrected chi connectivity index (χ0v) is 20.2. The molecule has 0 aliphatic carbocycles. The number of nitrogens with zero attached hydrogens (tertiary/aromatic N) is 3. The quantitative estimate of drug-likeness (QED) is 0.260. The van der Waals surface area contributed by atoms with Gasteiger partial charge in [0.25, 0.3) is 11.8 Å². The first-order valence-electron chi connectivity index (χ1n) is 10.9. The zero-order chi connectivity index (χ0) is 26.9. The van der Waals surface area contributed by atoms with Crippen LogP contribution in [0.1, 0.15) is 32.0 Å². The number of aromatic nitrogens is 3. The number of hydrogen-bond acceptors (Lipinski definition) is 8. The monoisotopic (exact) mass is 539 g/mol. The molecule has 3 heterocycles. The number of carbonyl (C=O) groups is 2. The predicted octanol–water partition coefficient (Wildman–Crippen LogP) is 6.30. The van der Waals surface area contributed by atoms with Gasteiger partial charge in [0, 0.05) is 23.4 Å². The van der Waals surface area contributed by atoms with Crippen LogP contribution in [0.25, 0.3) is 10.3 Å². The number of ether oxygens (including phenoxy) is 1. The van der Waals surface area contributed by atoms with Gasteiger partial charge in [-0.15, -0.1) is 0 Å². The van der Waals surface area contributed by atoms with Gasteiger partial charge in [0.05, 0.1) is 5.56 Å². The number of halogens is 3. The van der Waals surface area contributed by atoms with Crippen molar-refractivity contribution in [2.45, 2.75) is 13.1 Å². The molecule has 0 radical (unpaired) electrons. The number of hydrogen-bond donors (Lipinski definition) is 2. The van der Waals surface area contributed by atoms with Gasteiger partial charge in [-0.05, 0) is 42.8 Å². The van der Waals surface area contributed by atoms with Gasteiger partial charge >= 0.3 is 6.18 Å². The molecule has 13 heteroatoms. The molecule has 0 atom stereocenters. The van der Waals surface area contributed by atoms with Crippen molar-refractivity contribution in [2.24, 2.45) is 0 Å². The molecule has 5 aromatic rings. The van der Waals surface area contributed by atoms with Crippen molar-refractivity contribution in [3.05, 3.63) is 89.6 Å². The van der Waals surface area contributed by atoms with E-state index in [-0.39, 0.29) is 17.1 Å². The van der Waals surface area contributed by atoms with E-state index in [1.165, 1.54) is 18.4 Å². The Balaban J connectivity index is 1.31. The average molecular weight is 539 g/mol. The third-order valence-corrected chi connectivity index (χ3v) is 6.11. The van der Waals surface area contributed by atoms with Crippen LogP contribution >= 0.6 is 11.3 Å².